The van der Waals surface area contributed by atoms with E-state index in [1.807, 2.05) is 12.1 Å². The predicted octanol–water partition coefficient (Wildman–Crippen LogP) is 4.56. The maximum atomic E-state index is 10.7. The van der Waals surface area contributed by atoms with Crippen molar-refractivity contribution in [1.82, 2.24) is 0 Å². The number of nitrogens with zero attached hydrogens (tertiary/aromatic N) is 1. The van der Waals surface area contributed by atoms with Crippen LogP contribution in [0.25, 0.3) is 6.08 Å². The Morgan fingerprint density at radius 3 is 2.67 bits per heavy atom. The number of hydrogen-bond acceptors (Lipinski definition) is 2. The summed E-state index contributed by atoms with van der Waals surface area (Å²) in [4.78, 5) is 13.1. The van der Waals surface area contributed by atoms with E-state index < -0.39 is 5.97 Å². The molecule has 1 aliphatic rings. The summed E-state index contributed by atoms with van der Waals surface area (Å²) in [5.41, 5.74) is 2.51. The highest BCUT2D eigenvalue weighted by Gasteiger charge is 2.28. The number of benzene rings is 1. The number of aliphatic carboxylic acids is 1. The highest BCUT2D eigenvalue weighted by atomic mass is 79.9. The van der Waals surface area contributed by atoms with Gasteiger partial charge in [-0.2, -0.15) is 0 Å². The predicted molar refractivity (Wildman–Crippen MR) is 90.7 cm³/mol. The van der Waals surface area contributed by atoms with Gasteiger partial charge in [0.05, 0.1) is 0 Å². The molecule has 4 heteroatoms. The van der Waals surface area contributed by atoms with Gasteiger partial charge in [0, 0.05) is 29.3 Å². The molecule has 0 aromatic heterocycles. The first-order chi connectivity index (χ1) is 9.93. The first kappa shape index (κ1) is 16.1. The van der Waals surface area contributed by atoms with E-state index in [0.29, 0.717) is 5.41 Å². The van der Waals surface area contributed by atoms with E-state index in [4.69, 9.17) is 5.11 Å². The number of rotatable bonds is 4. The molecule has 1 fully saturated rings. The third-order valence-corrected chi connectivity index (χ3v) is 5.06. The standard InChI is InChI=1S/C17H22BrNO2/c1-3-17(2)8-10-19(11-9-17)15-12-14(18)6-4-13(15)5-7-16(20)21/h4-7,12H,3,8-11H2,1-2H3,(H,20,21). The molecule has 0 unspecified atom stereocenters. The molecule has 1 aromatic carbocycles. The van der Waals surface area contributed by atoms with Crippen molar-refractivity contribution >= 4 is 33.7 Å². The third kappa shape index (κ3) is 4.10. The number of anilines is 1. The monoisotopic (exact) mass is 351 g/mol. The van der Waals surface area contributed by atoms with Gasteiger partial charge < -0.3 is 10.0 Å². The van der Waals surface area contributed by atoms with Crippen LogP contribution in [0.1, 0.15) is 38.7 Å². The van der Waals surface area contributed by atoms with Crippen molar-refractivity contribution in [3.05, 3.63) is 34.3 Å². The molecule has 1 aromatic rings. The van der Waals surface area contributed by atoms with Crippen LogP contribution in [0.3, 0.4) is 0 Å². The van der Waals surface area contributed by atoms with Crippen LogP contribution in [0.2, 0.25) is 0 Å². The molecule has 3 nitrogen and oxygen atoms in total. The molecule has 0 atom stereocenters. The minimum Gasteiger partial charge on any atom is -0.478 e. The smallest absolute Gasteiger partial charge is 0.328 e. The van der Waals surface area contributed by atoms with Crippen LogP contribution < -0.4 is 4.90 Å². The molecular weight excluding hydrogens is 330 g/mol. The van der Waals surface area contributed by atoms with Crippen molar-refractivity contribution in [2.75, 3.05) is 18.0 Å². The lowest BCUT2D eigenvalue weighted by Gasteiger charge is -2.40. The Morgan fingerprint density at radius 1 is 1.43 bits per heavy atom. The zero-order valence-corrected chi connectivity index (χ0v) is 14.2. The van der Waals surface area contributed by atoms with Crippen LogP contribution in [0.5, 0.6) is 0 Å². The fourth-order valence-corrected chi connectivity index (χ4v) is 3.08. The second kappa shape index (κ2) is 6.65. The fraction of sp³-hybridized carbons (Fsp3) is 0.471. The number of halogens is 1. The number of carboxylic acid groups (broad SMARTS) is 1. The lowest BCUT2D eigenvalue weighted by molar-refractivity contribution is -0.131. The van der Waals surface area contributed by atoms with E-state index in [1.54, 1.807) is 6.08 Å². The lowest BCUT2D eigenvalue weighted by atomic mass is 9.78. The van der Waals surface area contributed by atoms with Crippen molar-refractivity contribution in [1.29, 1.82) is 0 Å². The molecule has 0 bridgehead atoms. The summed E-state index contributed by atoms with van der Waals surface area (Å²) in [6.07, 6.45) is 6.45. The van der Waals surface area contributed by atoms with Crippen molar-refractivity contribution < 1.29 is 9.90 Å². The Bertz CT molecular complexity index is 546. The molecule has 0 radical (unpaired) electrons. The van der Waals surface area contributed by atoms with Gasteiger partial charge in [-0.3, -0.25) is 0 Å². The highest BCUT2D eigenvalue weighted by molar-refractivity contribution is 9.10. The lowest BCUT2D eigenvalue weighted by Crippen LogP contribution is -2.38. The average Bonchev–Trinajstić information content (AvgIpc) is 2.46. The van der Waals surface area contributed by atoms with E-state index in [9.17, 15) is 4.79 Å². The Morgan fingerprint density at radius 2 is 2.10 bits per heavy atom. The van der Waals surface area contributed by atoms with Gasteiger partial charge in [0.15, 0.2) is 0 Å². The molecule has 0 saturated carbocycles. The van der Waals surface area contributed by atoms with Crippen molar-refractivity contribution in [3.63, 3.8) is 0 Å². The van der Waals surface area contributed by atoms with Gasteiger partial charge in [0.1, 0.15) is 0 Å². The summed E-state index contributed by atoms with van der Waals surface area (Å²) < 4.78 is 1.02. The average molecular weight is 352 g/mol. The zero-order valence-electron chi connectivity index (χ0n) is 12.6. The summed E-state index contributed by atoms with van der Waals surface area (Å²) in [6, 6.07) is 5.99. The first-order valence-electron chi connectivity index (χ1n) is 7.39. The largest absolute Gasteiger partial charge is 0.478 e. The van der Waals surface area contributed by atoms with Crippen LogP contribution >= 0.6 is 15.9 Å². The Kier molecular flexibility index (Phi) is 5.09. The SMILES string of the molecule is CCC1(C)CCN(c2cc(Br)ccc2C=CC(=O)O)CC1. The van der Waals surface area contributed by atoms with Crippen molar-refractivity contribution in [3.8, 4) is 0 Å². The summed E-state index contributed by atoms with van der Waals surface area (Å²) in [5.74, 6) is -0.916. The molecule has 1 saturated heterocycles. The Balaban J connectivity index is 2.23. The minimum absolute atomic E-state index is 0.444. The van der Waals surface area contributed by atoms with Gasteiger partial charge in [0.25, 0.3) is 0 Å². The van der Waals surface area contributed by atoms with Crippen LogP contribution in [0.4, 0.5) is 5.69 Å². The first-order valence-corrected chi connectivity index (χ1v) is 8.18. The van der Waals surface area contributed by atoms with Crippen molar-refractivity contribution in [2.45, 2.75) is 33.1 Å². The molecule has 1 N–H and O–H groups in total. The van der Waals surface area contributed by atoms with Crippen LogP contribution in [0, 0.1) is 5.41 Å². The quantitative estimate of drug-likeness (QED) is 0.808. The normalized spacial score (nSPS) is 18.1. The Hall–Kier alpha value is -1.29. The van der Waals surface area contributed by atoms with E-state index in [2.05, 4.69) is 40.7 Å². The summed E-state index contributed by atoms with van der Waals surface area (Å²) in [5, 5.41) is 8.82. The zero-order chi connectivity index (χ0) is 15.5. The van der Waals surface area contributed by atoms with Crippen LogP contribution in [-0.2, 0) is 4.79 Å². The van der Waals surface area contributed by atoms with Crippen molar-refractivity contribution in [2.24, 2.45) is 5.41 Å². The maximum absolute atomic E-state index is 10.7. The van der Waals surface area contributed by atoms with Crippen LogP contribution in [0.15, 0.2) is 28.7 Å². The molecule has 114 valence electrons. The highest BCUT2D eigenvalue weighted by Crippen LogP contribution is 2.37. The Labute approximate surface area is 134 Å². The molecule has 2 rings (SSSR count). The van der Waals surface area contributed by atoms with Gasteiger partial charge in [-0.05, 0) is 42.0 Å². The van der Waals surface area contributed by atoms with Gasteiger partial charge >= 0.3 is 5.97 Å². The van der Waals surface area contributed by atoms with E-state index in [0.717, 1.165) is 28.8 Å². The van der Waals surface area contributed by atoms with E-state index in [-0.39, 0.29) is 0 Å². The number of carbonyl (C=O) groups is 1. The minimum atomic E-state index is -0.916. The molecule has 0 amide bonds. The second-order valence-electron chi connectivity index (χ2n) is 6.03. The number of carboxylic acids is 1. The number of hydrogen-bond donors (Lipinski definition) is 1. The fourth-order valence-electron chi connectivity index (χ4n) is 2.73. The molecular formula is C17H22BrNO2. The second-order valence-corrected chi connectivity index (χ2v) is 6.94. The molecule has 1 heterocycles. The van der Waals surface area contributed by atoms with Gasteiger partial charge in [0.2, 0.25) is 0 Å². The van der Waals surface area contributed by atoms with Gasteiger partial charge in [-0.1, -0.05) is 42.3 Å². The third-order valence-electron chi connectivity index (χ3n) is 4.56. The van der Waals surface area contributed by atoms with E-state index >= 15 is 0 Å². The number of piperidine rings is 1. The molecule has 0 spiro atoms. The topological polar surface area (TPSA) is 40.5 Å². The van der Waals surface area contributed by atoms with Gasteiger partial charge in [-0.15, -0.1) is 0 Å². The van der Waals surface area contributed by atoms with Gasteiger partial charge in [-0.25, -0.2) is 4.79 Å². The molecule has 21 heavy (non-hydrogen) atoms. The summed E-state index contributed by atoms with van der Waals surface area (Å²) in [6.45, 7) is 6.66. The maximum Gasteiger partial charge on any atom is 0.328 e. The van der Waals surface area contributed by atoms with E-state index in [1.165, 1.54) is 25.3 Å². The molecule has 0 aliphatic carbocycles. The van der Waals surface area contributed by atoms with Crippen LogP contribution in [-0.4, -0.2) is 24.2 Å². The summed E-state index contributed by atoms with van der Waals surface area (Å²) >= 11 is 3.51. The summed E-state index contributed by atoms with van der Waals surface area (Å²) in [7, 11) is 0. The molecule has 1 aliphatic heterocycles.